The summed E-state index contributed by atoms with van der Waals surface area (Å²) in [4.78, 5) is 42.2. The Hall–Kier alpha value is -3.73. The van der Waals surface area contributed by atoms with Gasteiger partial charge in [-0.15, -0.1) is 0 Å². The van der Waals surface area contributed by atoms with Gasteiger partial charge in [0.2, 0.25) is 0 Å². The van der Waals surface area contributed by atoms with E-state index in [0.717, 1.165) is 5.56 Å². The van der Waals surface area contributed by atoms with Gasteiger partial charge < -0.3 is 5.32 Å². The fraction of sp³-hybridized carbons (Fsp3) is 0.273. The second-order valence-electron chi connectivity index (χ2n) is 8.12. The molecule has 0 saturated carbocycles. The van der Waals surface area contributed by atoms with E-state index < -0.39 is 39.4 Å². The summed E-state index contributed by atoms with van der Waals surface area (Å²) in [6.07, 6.45) is 0.916. The van der Waals surface area contributed by atoms with Gasteiger partial charge in [0.1, 0.15) is 17.4 Å². The lowest BCUT2D eigenvalue weighted by Crippen LogP contribution is -2.51. The maximum absolute atomic E-state index is 12.9. The topological polar surface area (TPSA) is 137 Å². The number of imide groups is 1. The van der Waals surface area contributed by atoms with Crippen molar-refractivity contribution in [2.75, 3.05) is 0 Å². The Kier molecular flexibility index (Phi) is 5.66. The van der Waals surface area contributed by atoms with Crippen LogP contribution < -0.4 is 15.5 Å². The highest BCUT2D eigenvalue weighted by atomic mass is 32.2. The lowest BCUT2D eigenvalue weighted by Gasteiger charge is -2.22. The van der Waals surface area contributed by atoms with E-state index in [1.807, 2.05) is 30.3 Å². The molecule has 2 aliphatic rings. The van der Waals surface area contributed by atoms with E-state index in [2.05, 4.69) is 20.5 Å². The molecule has 2 aromatic carbocycles. The fourth-order valence-electron chi connectivity index (χ4n) is 3.68. The predicted molar refractivity (Wildman–Crippen MR) is 119 cm³/mol. The molecule has 0 bridgehead atoms. The van der Waals surface area contributed by atoms with Crippen molar-refractivity contribution in [1.29, 1.82) is 0 Å². The van der Waals surface area contributed by atoms with Gasteiger partial charge >= 0.3 is 6.03 Å². The number of hydrazine groups is 1. The molecule has 2 aliphatic heterocycles. The first kappa shape index (κ1) is 22.5. The van der Waals surface area contributed by atoms with Crippen LogP contribution in [0, 0.1) is 0 Å². The highest BCUT2D eigenvalue weighted by Crippen LogP contribution is 2.24. The molecular weight excluding hydrogens is 446 g/mol. The zero-order valence-corrected chi connectivity index (χ0v) is 18.8. The Morgan fingerprint density at radius 3 is 2.52 bits per heavy atom. The summed E-state index contributed by atoms with van der Waals surface area (Å²) in [5, 5.41) is 3.29. The number of aryl methyl sites for hydroxylation is 1. The first-order valence-corrected chi connectivity index (χ1v) is 11.8. The van der Waals surface area contributed by atoms with E-state index in [-0.39, 0.29) is 10.7 Å². The first-order valence-electron chi connectivity index (χ1n) is 10.3. The number of amidine groups is 1. The van der Waals surface area contributed by atoms with Crippen LogP contribution in [0.1, 0.15) is 31.4 Å². The molecule has 172 valence electrons. The molecule has 1 saturated heterocycles. The number of nitrogens with one attached hydrogen (secondary N) is 3. The molecule has 2 heterocycles. The van der Waals surface area contributed by atoms with Gasteiger partial charge in [0.15, 0.2) is 0 Å². The summed E-state index contributed by atoms with van der Waals surface area (Å²) in [6, 6.07) is 14.0. The van der Waals surface area contributed by atoms with Crippen molar-refractivity contribution in [2.45, 2.75) is 43.2 Å². The Labute approximate surface area is 191 Å². The van der Waals surface area contributed by atoms with Crippen molar-refractivity contribution >= 4 is 33.7 Å². The minimum atomic E-state index is -3.75. The van der Waals surface area contributed by atoms with Crippen LogP contribution in [0.5, 0.6) is 0 Å². The van der Waals surface area contributed by atoms with Crippen molar-refractivity contribution in [1.82, 2.24) is 20.5 Å². The van der Waals surface area contributed by atoms with Crippen molar-refractivity contribution in [3.8, 4) is 0 Å². The summed E-state index contributed by atoms with van der Waals surface area (Å²) in [7, 11) is -3.75. The molecule has 0 unspecified atom stereocenters. The van der Waals surface area contributed by atoms with Crippen molar-refractivity contribution in [3.05, 3.63) is 65.7 Å². The first-order chi connectivity index (χ1) is 15.6. The normalized spacial score (nSPS) is 23.1. The van der Waals surface area contributed by atoms with Gasteiger partial charge in [-0.05, 0) is 44.4 Å². The smallest absolute Gasteiger partial charge is 0.322 e. The highest BCUT2D eigenvalue weighted by molar-refractivity contribution is 7.90. The maximum atomic E-state index is 12.9. The van der Waals surface area contributed by atoms with Crippen molar-refractivity contribution in [3.63, 3.8) is 0 Å². The molecule has 2 aromatic rings. The van der Waals surface area contributed by atoms with E-state index in [0.29, 0.717) is 23.4 Å². The van der Waals surface area contributed by atoms with Crippen LogP contribution in [0.3, 0.4) is 0 Å². The molecule has 1 fully saturated rings. The van der Waals surface area contributed by atoms with Gasteiger partial charge in [0.25, 0.3) is 21.8 Å². The predicted octanol–water partition coefficient (Wildman–Crippen LogP) is 1.09. The van der Waals surface area contributed by atoms with Crippen LogP contribution >= 0.6 is 0 Å². The fourth-order valence-corrected chi connectivity index (χ4v) is 4.92. The summed E-state index contributed by atoms with van der Waals surface area (Å²) < 4.78 is 26.8. The highest BCUT2D eigenvalue weighted by Gasteiger charge is 2.48. The van der Waals surface area contributed by atoms with Crippen LogP contribution in [0.4, 0.5) is 4.79 Å². The SMILES string of the molecule is C[C@H](N=C1NS(=O)(=O)c2ccccc21)C(=O)NN1C(=O)N[C@](C)(CCc2ccccc2)C1=O. The molecule has 0 aromatic heterocycles. The summed E-state index contributed by atoms with van der Waals surface area (Å²) in [6.45, 7) is 3.04. The second-order valence-corrected chi connectivity index (χ2v) is 9.77. The number of carbonyl (C=O) groups is 3. The number of urea groups is 1. The average molecular weight is 470 g/mol. The average Bonchev–Trinajstić information content (AvgIpc) is 3.17. The number of amides is 4. The standard InChI is InChI=1S/C22H23N5O5S/c1-14(23-18-16-10-6-7-11-17(16)33(31,32)26-18)19(28)25-27-20(29)22(2,24-21(27)30)13-12-15-8-4-3-5-9-15/h3-11,14H,12-13H2,1-2H3,(H,23,26)(H,24,30)(H,25,28)/t14-,22+/m0/s1. The molecule has 11 heteroatoms. The minimum absolute atomic E-state index is 0.0261. The van der Waals surface area contributed by atoms with Gasteiger partial charge in [-0.25, -0.2) is 13.2 Å². The van der Waals surface area contributed by atoms with Crippen LogP contribution in [0.2, 0.25) is 0 Å². The molecule has 4 rings (SSSR count). The number of nitrogens with zero attached hydrogens (tertiary/aromatic N) is 2. The Morgan fingerprint density at radius 2 is 1.79 bits per heavy atom. The zero-order valence-electron chi connectivity index (χ0n) is 18.0. The number of carbonyl (C=O) groups excluding carboxylic acids is 3. The molecule has 0 radical (unpaired) electrons. The van der Waals surface area contributed by atoms with Gasteiger partial charge in [-0.1, -0.05) is 42.5 Å². The van der Waals surface area contributed by atoms with Crippen molar-refractivity contribution < 1.29 is 22.8 Å². The summed E-state index contributed by atoms with van der Waals surface area (Å²) in [5.41, 5.74) is 2.50. The van der Waals surface area contributed by atoms with Crippen LogP contribution in [-0.2, 0) is 26.0 Å². The lowest BCUT2D eigenvalue weighted by molar-refractivity contribution is -0.139. The van der Waals surface area contributed by atoms with E-state index in [1.54, 1.807) is 25.1 Å². The number of sulfonamides is 1. The van der Waals surface area contributed by atoms with E-state index in [1.165, 1.54) is 13.0 Å². The van der Waals surface area contributed by atoms with E-state index >= 15 is 0 Å². The Bertz CT molecular complexity index is 1260. The van der Waals surface area contributed by atoms with Crippen LogP contribution in [0.25, 0.3) is 0 Å². The zero-order chi connectivity index (χ0) is 23.8. The molecule has 10 nitrogen and oxygen atoms in total. The van der Waals surface area contributed by atoms with Crippen LogP contribution in [-0.4, -0.2) is 48.7 Å². The monoisotopic (exact) mass is 469 g/mol. The van der Waals surface area contributed by atoms with Gasteiger partial charge in [-0.2, -0.15) is 5.01 Å². The number of fused-ring (bicyclic) bond motifs is 1. The molecule has 0 aliphatic carbocycles. The quantitative estimate of drug-likeness (QED) is 0.544. The summed E-state index contributed by atoms with van der Waals surface area (Å²) in [5.74, 6) is -1.29. The Balaban J connectivity index is 1.44. The van der Waals surface area contributed by atoms with Gasteiger partial charge in [0, 0.05) is 5.56 Å². The molecule has 4 amide bonds. The molecule has 2 atom stereocenters. The second kappa shape index (κ2) is 8.32. The maximum Gasteiger partial charge on any atom is 0.344 e. The van der Waals surface area contributed by atoms with Crippen LogP contribution in [0.15, 0.2) is 64.5 Å². The lowest BCUT2D eigenvalue weighted by atomic mass is 9.93. The molecule has 3 N–H and O–H groups in total. The van der Waals surface area contributed by atoms with Gasteiger partial charge in [0.05, 0.1) is 4.90 Å². The summed E-state index contributed by atoms with van der Waals surface area (Å²) >= 11 is 0. The number of hydrogen-bond acceptors (Lipinski definition) is 6. The number of rotatable bonds is 6. The Morgan fingerprint density at radius 1 is 1.12 bits per heavy atom. The van der Waals surface area contributed by atoms with E-state index in [9.17, 15) is 22.8 Å². The number of hydrogen-bond donors (Lipinski definition) is 3. The number of aliphatic imine (C=N–C) groups is 1. The number of benzene rings is 2. The van der Waals surface area contributed by atoms with Crippen molar-refractivity contribution in [2.24, 2.45) is 4.99 Å². The largest absolute Gasteiger partial charge is 0.344 e. The molecule has 0 spiro atoms. The third-order valence-corrected chi connectivity index (χ3v) is 7.00. The third-order valence-electron chi connectivity index (χ3n) is 5.60. The van der Waals surface area contributed by atoms with Gasteiger partial charge in [-0.3, -0.25) is 24.7 Å². The third kappa shape index (κ3) is 4.31. The molecular formula is C22H23N5O5S. The minimum Gasteiger partial charge on any atom is -0.322 e. The van der Waals surface area contributed by atoms with E-state index in [4.69, 9.17) is 0 Å². The molecule has 33 heavy (non-hydrogen) atoms.